The van der Waals surface area contributed by atoms with Crippen LogP contribution >= 0.6 is 0 Å². The van der Waals surface area contributed by atoms with Gasteiger partial charge in [0.25, 0.3) is 0 Å². The second-order valence-corrected chi connectivity index (χ2v) is 13.7. The Kier molecular flexibility index (Phi) is 24.4. The van der Waals surface area contributed by atoms with Crippen molar-refractivity contribution in [2.45, 2.75) is 13.1 Å². The first-order valence-electron chi connectivity index (χ1n) is 19.2. The van der Waals surface area contributed by atoms with Gasteiger partial charge in [-0.05, 0) is 22.1 Å². The molecule has 0 heterocycles. The van der Waals surface area contributed by atoms with Crippen LogP contribution in [0.5, 0.6) is 0 Å². The molecular weight excluding hydrogens is 804 g/mol. The topological polar surface area (TPSA) is 343 Å². The van der Waals surface area contributed by atoms with E-state index in [0.717, 1.165) is 11.1 Å². The molecular formula is C36H55B2N9O14. The van der Waals surface area contributed by atoms with E-state index >= 15 is 0 Å². The number of nitrogens with zero attached hydrogens (tertiary/aromatic N) is 3. The van der Waals surface area contributed by atoms with Gasteiger partial charge >= 0.3 is 32.1 Å². The maximum atomic E-state index is 12.6. The number of carbonyl (C=O) groups excluding carboxylic acids is 4. The molecule has 0 bridgehead atoms. The van der Waals surface area contributed by atoms with Crippen LogP contribution in [-0.4, -0.2) is 204 Å². The molecule has 0 saturated carbocycles. The van der Waals surface area contributed by atoms with Crippen molar-refractivity contribution in [3.8, 4) is 0 Å². The first kappa shape index (κ1) is 51.6. The van der Waals surface area contributed by atoms with Crippen molar-refractivity contribution in [3.05, 3.63) is 59.7 Å². The van der Waals surface area contributed by atoms with Gasteiger partial charge in [0, 0.05) is 65.4 Å². The second-order valence-electron chi connectivity index (χ2n) is 13.7. The molecule has 0 fully saturated rings. The lowest BCUT2D eigenvalue weighted by Gasteiger charge is -2.28. The monoisotopic (exact) mass is 859 g/mol. The number of amides is 4. The lowest BCUT2D eigenvalue weighted by atomic mass is 9.79. The highest BCUT2D eigenvalue weighted by atomic mass is 16.4. The van der Waals surface area contributed by atoms with E-state index in [1.54, 1.807) is 48.5 Å². The van der Waals surface area contributed by atoms with Gasteiger partial charge < -0.3 is 67.3 Å². The lowest BCUT2D eigenvalue weighted by Crippen LogP contribution is -2.48. The van der Waals surface area contributed by atoms with Crippen LogP contribution in [0.3, 0.4) is 0 Å². The zero-order chi connectivity index (χ0) is 45.2. The number of carbonyl (C=O) groups is 7. The van der Waals surface area contributed by atoms with E-state index in [0.29, 0.717) is 37.1 Å². The molecule has 13 N–H and O–H groups in total. The number of carboxylic acid groups (broad SMARTS) is 3. The van der Waals surface area contributed by atoms with Crippen molar-refractivity contribution >= 4 is 66.7 Å². The first-order chi connectivity index (χ1) is 29.0. The Morgan fingerprint density at radius 2 is 0.820 bits per heavy atom. The van der Waals surface area contributed by atoms with Crippen molar-refractivity contribution in [3.63, 3.8) is 0 Å². The Morgan fingerprint density at radius 1 is 0.459 bits per heavy atom. The summed E-state index contributed by atoms with van der Waals surface area (Å²) in [5.74, 6) is -6.13. The SMILES string of the molecule is O=C(O)CN(CCN(CC(=O)O)CC(=O)NCC(=O)NCCNCc1cccc(B(O)O)c1)CCN(CC(=O)O)CC(=O)NCC(=O)NCCNCc1cccc(B(O)O)c1. The average Bonchev–Trinajstić information content (AvgIpc) is 3.19. The number of hydrogen-bond donors (Lipinski definition) is 13. The molecule has 2 rings (SSSR count). The largest absolute Gasteiger partial charge is 0.488 e. The lowest BCUT2D eigenvalue weighted by molar-refractivity contribution is -0.141. The van der Waals surface area contributed by atoms with E-state index < -0.39 is 102 Å². The zero-order valence-electron chi connectivity index (χ0n) is 33.6. The predicted molar refractivity (Wildman–Crippen MR) is 220 cm³/mol. The van der Waals surface area contributed by atoms with Crippen molar-refractivity contribution in [2.24, 2.45) is 0 Å². The van der Waals surface area contributed by atoms with Crippen molar-refractivity contribution in [1.82, 2.24) is 46.6 Å². The van der Waals surface area contributed by atoms with Gasteiger partial charge in [0.2, 0.25) is 23.6 Å². The summed E-state index contributed by atoms with van der Waals surface area (Å²) in [4.78, 5) is 88.3. The maximum absolute atomic E-state index is 12.6. The minimum Gasteiger partial charge on any atom is -0.480 e. The molecule has 0 aliphatic heterocycles. The van der Waals surface area contributed by atoms with Gasteiger partial charge in [0.1, 0.15) is 0 Å². The van der Waals surface area contributed by atoms with E-state index in [9.17, 15) is 69.0 Å². The number of benzene rings is 2. The summed E-state index contributed by atoms with van der Waals surface area (Å²) in [6.07, 6.45) is 0. The van der Waals surface area contributed by atoms with Crippen LogP contribution in [-0.2, 0) is 46.7 Å². The first-order valence-corrected chi connectivity index (χ1v) is 19.2. The van der Waals surface area contributed by atoms with E-state index in [1.165, 1.54) is 14.7 Å². The molecule has 0 unspecified atom stereocenters. The van der Waals surface area contributed by atoms with Crippen molar-refractivity contribution in [2.75, 3.05) is 98.2 Å². The Labute approximate surface area is 352 Å². The average molecular weight is 860 g/mol. The highest BCUT2D eigenvalue weighted by Crippen LogP contribution is 1.99. The smallest absolute Gasteiger partial charge is 0.480 e. The summed E-state index contributed by atoms with van der Waals surface area (Å²) in [5, 5.41) is 81.7. The molecule has 23 nitrogen and oxygen atoms in total. The van der Waals surface area contributed by atoms with Crippen LogP contribution < -0.4 is 42.8 Å². The third-order valence-corrected chi connectivity index (χ3v) is 8.57. The van der Waals surface area contributed by atoms with Gasteiger partial charge in [-0.25, -0.2) is 0 Å². The molecule has 4 amide bonds. The Bertz CT molecular complexity index is 1630. The van der Waals surface area contributed by atoms with Crippen LogP contribution in [0.4, 0.5) is 0 Å². The molecule has 0 aromatic heterocycles. The molecule has 0 atom stereocenters. The van der Waals surface area contributed by atoms with Crippen LogP contribution in [0, 0.1) is 0 Å². The van der Waals surface area contributed by atoms with Crippen LogP contribution in [0.25, 0.3) is 0 Å². The van der Waals surface area contributed by atoms with Gasteiger partial charge in [0.15, 0.2) is 0 Å². The highest BCUT2D eigenvalue weighted by molar-refractivity contribution is 6.59. The van der Waals surface area contributed by atoms with E-state index in [2.05, 4.69) is 31.9 Å². The molecule has 2 aromatic carbocycles. The summed E-state index contributed by atoms with van der Waals surface area (Å²) in [6.45, 7) is -1.75. The fourth-order valence-corrected chi connectivity index (χ4v) is 5.61. The number of rotatable bonds is 32. The number of hydrogen-bond acceptors (Lipinski definition) is 16. The second kappa shape index (κ2) is 28.9. The molecule has 0 saturated heterocycles. The van der Waals surface area contributed by atoms with Crippen LogP contribution in [0.15, 0.2) is 48.5 Å². The molecule has 2 aromatic rings. The Balaban J connectivity index is 1.76. The number of nitrogens with one attached hydrogen (secondary N) is 6. The third kappa shape index (κ3) is 24.4. The maximum Gasteiger partial charge on any atom is 0.488 e. The minimum absolute atomic E-state index is 0.0640. The van der Waals surface area contributed by atoms with Gasteiger partial charge in [0.05, 0.1) is 45.8 Å². The van der Waals surface area contributed by atoms with E-state index in [-0.39, 0.29) is 39.3 Å². The quantitative estimate of drug-likeness (QED) is 0.0240. The molecule has 0 radical (unpaired) electrons. The van der Waals surface area contributed by atoms with Gasteiger partial charge in [-0.1, -0.05) is 48.5 Å². The third-order valence-electron chi connectivity index (χ3n) is 8.57. The standard InChI is InChI=1S/C36H55B2N9O14/c48-30(41-9-7-39-17-26-3-1-5-28(15-26)37(58)59)19-43-32(50)21-46(24-35(54)55)13-11-45(23-34(52)53)12-14-47(25-36(56)57)22-33(51)44-20-31(49)42-10-8-40-18-27-4-2-6-29(16-27)38(60)61/h1-6,15-16,39-40,58-61H,7-14,17-25H2,(H,41,48)(H,42,49)(H,43,50)(H,44,51)(H,52,53)(H,54,55)(H,56,57). The van der Waals surface area contributed by atoms with Crippen molar-refractivity contribution in [1.29, 1.82) is 0 Å². The fourth-order valence-electron chi connectivity index (χ4n) is 5.61. The predicted octanol–water partition coefficient (Wildman–Crippen LogP) is -7.45. The molecule has 61 heavy (non-hydrogen) atoms. The number of carboxylic acids is 3. The summed E-state index contributed by atoms with van der Waals surface area (Å²) < 4.78 is 0. The van der Waals surface area contributed by atoms with Gasteiger partial charge in [-0.15, -0.1) is 0 Å². The summed E-state index contributed by atoms with van der Waals surface area (Å²) in [5.41, 5.74) is 2.28. The normalized spacial score (nSPS) is 11.0. The molecule has 0 spiro atoms. The van der Waals surface area contributed by atoms with Crippen molar-refractivity contribution < 1.29 is 69.0 Å². The fraction of sp³-hybridized carbons (Fsp3) is 0.472. The summed E-state index contributed by atoms with van der Waals surface area (Å²) in [7, 11) is -3.18. The Morgan fingerprint density at radius 3 is 1.18 bits per heavy atom. The Hall–Kier alpha value is -5.50. The van der Waals surface area contributed by atoms with Gasteiger partial charge in [-0.2, -0.15) is 0 Å². The van der Waals surface area contributed by atoms with Crippen LogP contribution in [0.1, 0.15) is 11.1 Å². The summed E-state index contributed by atoms with van der Waals surface area (Å²) >= 11 is 0. The zero-order valence-corrected chi connectivity index (χ0v) is 33.6. The molecule has 25 heteroatoms. The molecule has 0 aliphatic carbocycles. The van der Waals surface area contributed by atoms with Crippen LogP contribution in [0.2, 0.25) is 0 Å². The number of aliphatic carboxylic acids is 3. The molecule has 334 valence electrons. The highest BCUT2D eigenvalue weighted by Gasteiger charge is 2.21. The van der Waals surface area contributed by atoms with E-state index in [1.807, 2.05) is 0 Å². The minimum atomic E-state index is -1.59. The van der Waals surface area contributed by atoms with E-state index in [4.69, 9.17) is 0 Å². The van der Waals surface area contributed by atoms with Gasteiger partial charge in [-0.3, -0.25) is 48.3 Å². The summed E-state index contributed by atoms with van der Waals surface area (Å²) in [6, 6.07) is 13.3. The molecule has 0 aliphatic rings.